The van der Waals surface area contributed by atoms with Gasteiger partial charge in [0.2, 0.25) is 0 Å². The minimum Gasteiger partial charge on any atom is -0.475 e. The normalized spacial score (nSPS) is 10.5. The van der Waals surface area contributed by atoms with Crippen LogP contribution in [0.5, 0.6) is 0 Å². The van der Waals surface area contributed by atoms with Crippen molar-refractivity contribution in [3.63, 3.8) is 0 Å². The average molecular weight is 306 g/mol. The fraction of sp³-hybridized carbons (Fsp3) is 0. The number of rotatable bonds is 4. The molecule has 0 aliphatic carbocycles. The number of hydrogen-bond donors (Lipinski definition) is 0. The van der Waals surface area contributed by atoms with E-state index in [9.17, 15) is 0 Å². The van der Waals surface area contributed by atoms with Gasteiger partial charge in [0, 0.05) is 0 Å². The Bertz CT molecular complexity index is 612. The standard InChI is InChI=1S/C18H14P2.2Li/c1-3-9-15(10-4-1)19-17-13-7-8-14-18(17)20-16-11-5-2-6-12-16;;/h1-14H;;/q-2;2*+1. The maximum Gasteiger partial charge on any atom is 1.00 e. The van der Waals surface area contributed by atoms with Crippen LogP contribution in [0.3, 0.4) is 0 Å². The fourth-order valence-corrected chi connectivity index (χ4v) is 4.13. The van der Waals surface area contributed by atoms with E-state index >= 15 is 0 Å². The van der Waals surface area contributed by atoms with Crippen LogP contribution in [0.1, 0.15) is 0 Å². The molecule has 0 N–H and O–H groups in total. The van der Waals surface area contributed by atoms with Crippen molar-refractivity contribution in [2.75, 3.05) is 0 Å². The molecular formula is C18H14Li2P2. The van der Waals surface area contributed by atoms with E-state index in [0.717, 1.165) is 0 Å². The molecular weight excluding hydrogens is 292 g/mol. The van der Waals surface area contributed by atoms with Gasteiger partial charge < -0.3 is 17.2 Å². The molecule has 0 nitrogen and oxygen atoms in total. The van der Waals surface area contributed by atoms with Crippen LogP contribution >= 0.6 is 17.2 Å². The minimum atomic E-state index is 0. The molecule has 22 heavy (non-hydrogen) atoms. The predicted molar refractivity (Wildman–Crippen MR) is 91.7 cm³/mol. The zero-order chi connectivity index (χ0) is 13.6. The third-order valence-corrected chi connectivity index (χ3v) is 5.44. The molecule has 4 heteroatoms. The maximum absolute atomic E-state index is 2.22. The minimum absolute atomic E-state index is 0. The summed E-state index contributed by atoms with van der Waals surface area (Å²) in [5.41, 5.74) is 0. The van der Waals surface area contributed by atoms with Gasteiger partial charge in [0.1, 0.15) is 0 Å². The van der Waals surface area contributed by atoms with E-state index < -0.39 is 0 Å². The predicted octanol–water partition coefficient (Wildman–Crippen LogP) is -2.51. The van der Waals surface area contributed by atoms with Gasteiger partial charge in [0.15, 0.2) is 0 Å². The van der Waals surface area contributed by atoms with Gasteiger partial charge in [0.25, 0.3) is 0 Å². The van der Waals surface area contributed by atoms with Crippen LogP contribution in [-0.2, 0) is 0 Å². The molecule has 3 aromatic rings. The molecule has 0 saturated carbocycles. The van der Waals surface area contributed by atoms with Crippen molar-refractivity contribution in [3.8, 4) is 0 Å². The summed E-state index contributed by atoms with van der Waals surface area (Å²) in [7, 11) is 2.55. The molecule has 0 saturated heterocycles. The van der Waals surface area contributed by atoms with Gasteiger partial charge in [-0.2, -0.15) is 0 Å². The van der Waals surface area contributed by atoms with Gasteiger partial charge >= 0.3 is 37.7 Å². The Morgan fingerprint density at radius 2 is 0.727 bits per heavy atom. The van der Waals surface area contributed by atoms with E-state index in [-0.39, 0.29) is 37.7 Å². The van der Waals surface area contributed by atoms with E-state index in [4.69, 9.17) is 0 Å². The SMILES string of the molecule is [Li+].[Li+].c1ccc([P-]c2ccccc2[P-]c2ccccc2)cc1. The molecule has 0 fully saturated rings. The summed E-state index contributed by atoms with van der Waals surface area (Å²) >= 11 is 0. The topological polar surface area (TPSA) is 0 Å². The Labute approximate surface area is 160 Å². The zero-order valence-corrected chi connectivity index (χ0v) is 14.8. The molecule has 0 aliphatic rings. The molecule has 0 aliphatic heterocycles. The van der Waals surface area contributed by atoms with E-state index in [0.29, 0.717) is 0 Å². The Hall–Kier alpha value is -0.285. The summed E-state index contributed by atoms with van der Waals surface area (Å²) in [6.07, 6.45) is 0. The summed E-state index contributed by atoms with van der Waals surface area (Å²) in [6.45, 7) is 0. The van der Waals surface area contributed by atoms with Gasteiger partial charge in [-0.15, -0.1) is 0 Å². The van der Waals surface area contributed by atoms with E-state index in [2.05, 4.69) is 84.9 Å². The molecule has 0 unspecified atom stereocenters. The van der Waals surface area contributed by atoms with E-state index in [1.807, 2.05) is 0 Å². The van der Waals surface area contributed by atoms with Crippen LogP contribution in [-0.4, -0.2) is 0 Å². The van der Waals surface area contributed by atoms with Gasteiger partial charge in [-0.25, -0.2) is 21.2 Å². The van der Waals surface area contributed by atoms with Crippen LogP contribution in [0.2, 0.25) is 0 Å². The Kier molecular flexibility index (Phi) is 9.42. The van der Waals surface area contributed by atoms with E-state index in [1.54, 1.807) is 0 Å². The Morgan fingerprint density at radius 1 is 0.409 bits per heavy atom. The fourth-order valence-electron chi connectivity index (χ4n) is 1.94. The first-order chi connectivity index (χ1) is 9.92. The smallest absolute Gasteiger partial charge is 0.475 e. The molecule has 0 radical (unpaired) electrons. The molecule has 0 amide bonds. The van der Waals surface area contributed by atoms with Gasteiger partial charge in [-0.05, 0) is 0 Å². The van der Waals surface area contributed by atoms with Crippen LogP contribution in [0, 0.1) is 0 Å². The first-order valence-corrected chi connectivity index (χ1v) is 8.33. The quantitative estimate of drug-likeness (QED) is 0.369. The van der Waals surface area contributed by atoms with Gasteiger partial charge in [-0.3, -0.25) is 0 Å². The summed E-state index contributed by atoms with van der Waals surface area (Å²) in [4.78, 5) is 0. The Balaban J connectivity index is 0.00000121. The van der Waals surface area contributed by atoms with Crippen molar-refractivity contribution in [1.29, 1.82) is 0 Å². The first-order valence-electron chi connectivity index (χ1n) is 6.54. The van der Waals surface area contributed by atoms with Crippen molar-refractivity contribution in [2.24, 2.45) is 0 Å². The summed E-state index contributed by atoms with van der Waals surface area (Å²) in [6, 6.07) is 29.9. The third-order valence-electron chi connectivity index (χ3n) is 2.89. The van der Waals surface area contributed by atoms with Gasteiger partial charge in [-0.1, -0.05) is 84.9 Å². The van der Waals surface area contributed by atoms with Crippen LogP contribution in [0.4, 0.5) is 0 Å². The van der Waals surface area contributed by atoms with Crippen LogP contribution in [0.15, 0.2) is 84.9 Å². The van der Waals surface area contributed by atoms with Crippen molar-refractivity contribution in [1.82, 2.24) is 0 Å². The van der Waals surface area contributed by atoms with Crippen molar-refractivity contribution >= 4 is 38.4 Å². The van der Waals surface area contributed by atoms with Crippen molar-refractivity contribution < 1.29 is 37.7 Å². The second-order valence-electron chi connectivity index (χ2n) is 4.38. The molecule has 0 spiro atoms. The number of benzene rings is 3. The van der Waals surface area contributed by atoms with Crippen LogP contribution in [0.25, 0.3) is 0 Å². The molecule has 0 heterocycles. The molecule has 0 aromatic heterocycles. The Morgan fingerprint density at radius 3 is 1.09 bits per heavy atom. The third kappa shape index (κ3) is 5.73. The molecule has 3 rings (SSSR count). The van der Waals surface area contributed by atoms with E-state index in [1.165, 1.54) is 38.4 Å². The number of hydrogen-bond acceptors (Lipinski definition) is 0. The maximum atomic E-state index is 2.22. The van der Waals surface area contributed by atoms with Crippen LogP contribution < -0.4 is 58.9 Å². The molecule has 98 valence electrons. The van der Waals surface area contributed by atoms with Gasteiger partial charge in [0.05, 0.1) is 0 Å². The summed E-state index contributed by atoms with van der Waals surface area (Å²) < 4.78 is 0. The molecule has 0 atom stereocenters. The van der Waals surface area contributed by atoms with Crippen molar-refractivity contribution in [3.05, 3.63) is 84.9 Å². The molecule has 0 bridgehead atoms. The summed E-state index contributed by atoms with van der Waals surface area (Å²) in [5.74, 6) is 0. The zero-order valence-electron chi connectivity index (χ0n) is 13.0. The first kappa shape index (κ1) is 19.8. The second-order valence-corrected chi connectivity index (χ2v) is 6.83. The average Bonchev–Trinajstić information content (AvgIpc) is 2.51. The molecule has 3 aromatic carbocycles. The van der Waals surface area contributed by atoms with Crippen molar-refractivity contribution in [2.45, 2.75) is 0 Å². The largest absolute Gasteiger partial charge is 1.00 e. The second kappa shape index (κ2) is 10.5. The monoisotopic (exact) mass is 306 g/mol. The summed E-state index contributed by atoms with van der Waals surface area (Å²) in [5, 5.41) is 5.43.